The van der Waals surface area contributed by atoms with Gasteiger partial charge in [-0.3, -0.25) is 0 Å². The fourth-order valence-electron chi connectivity index (χ4n) is 2.18. The summed E-state index contributed by atoms with van der Waals surface area (Å²) in [4.78, 5) is 4.06. The summed E-state index contributed by atoms with van der Waals surface area (Å²) in [6, 6.07) is 7.91. The Bertz CT molecular complexity index is 598. The summed E-state index contributed by atoms with van der Waals surface area (Å²) >= 11 is 3.54. The maximum Gasteiger partial charge on any atom is 0.127 e. The Morgan fingerprint density at radius 3 is 3.05 bits per heavy atom. The molecule has 1 aliphatic heterocycles. The molecule has 2 aromatic rings. The smallest absolute Gasteiger partial charge is 0.127 e. The molecule has 0 radical (unpaired) electrons. The zero-order valence-corrected chi connectivity index (χ0v) is 11.9. The minimum atomic E-state index is 0.525. The molecule has 1 aromatic carbocycles. The standard InChI is InChI=1S/C14H14BrN3O/c15-11-5-9-3-4-19-14(9)10(6-11)7-17-12-1-2-13(16)18-8-12/h1-2,5-6,8,17H,3-4,7H2,(H2,16,18). The van der Waals surface area contributed by atoms with Gasteiger partial charge in [-0.05, 0) is 29.8 Å². The second kappa shape index (κ2) is 5.09. The molecule has 0 aliphatic carbocycles. The predicted molar refractivity (Wildman–Crippen MR) is 79.3 cm³/mol. The van der Waals surface area contributed by atoms with Crippen LogP contribution in [0.1, 0.15) is 11.1 Å². The molecule has 98 valence electrons. The molecule has 4 nitrogen and oxygen atoms in total. The zero-order valence-electron chi connectivity index (χ0n) is 10.3. The Morgan fingerprint density at radius 2 is 2.26 bits per heavy atom. The molecule has 3 N–H and O–H groups in total. The number of hydrogen-bond acceptors (Lipinski definition) is 4. The minimum Gasteiger partial charge on any atom is -0.493 e. The number of anilines is 2. The summed E-state index contributed by atoms with van der Waals surface area (Å²) in [7, 11) is 0. The van der Waals surface area contributed by atoms with Crippen molar-refractivity contribution in [1.29, 1.82) is 0 Å². The third kappa shape index (κ3) is 2.66. The number of benzene rings is 1. The lowest BCUT2D eigenvalue weighted by atomic mass is 10.1. The van der Waals surface area contributed by atoms with Crippen LogP contribution in [0.3, 0.4) is 0 Å². The third-order valence-electron chi connectivity index (χ3n) is 3.09. The first kappa shape index (κ1) is 12.3. The first-order valence-electron chi connectivity index (χ1n) is 6.12. The molecular weight excluding hydrogens is 306 g/mol. The van der Waals surface area contributed by atoms with E-state index in [9.17, 15) is 0 Å². The van der Waals surface area contributed by atoms with E-state index in [0.717, 1.165) is 34.5 Å². The van der Waals surface area contributed by atoms with Crippen molar-refractivity contribution >= 4 is 27.4 Å². The first-order chi connectivity index (χ1) is 9.22. The number of fused-ring (bicyclic) bond motifs is 1. The Labute approximate surface area is 120 Å². The number of pyridine rings is 1. The molecule has 0 unspecified atom stereocenters. The number of nitrogens with two attached hydrogens (primary N) is 1. The van der Waals surface area contributed by atoms with Gasteiger partial charge in [0.15, 0.2) is 0 Å². The molecule has 1 aliphatic rings. The van der Waals surface area contributed by atoms with Crippen molar-refractivity contribution in [3.63, 3.8) is 0 Å². The molecule has 3 rings (SSSR count). The van der Waals surface area contributed by atoms with E-state index in [1.54, 1.807) is 12.3 Å². The average molecular weight is 320 g/mol. The molecule has 0 spiro atoms. The van der Waals surface area contributed by atoms with Crippen LogP contribution in [0.2, 0.25) is 0 Å². The molecule has 19 heavy (non-hydrogen) atoms. The molecular formula is C14H14BrN3O. The van der Waals surface area contributed by atoms with Gasteiger partial charge in [0.05, 0.1) is 18.5 Å². The first-order valence-corrected chi connectivity index (χ1v) is 6.91. The van der Waals surface area contributed by atoms with E-state index in [1.807, 2.05) is 6.07 Å². The molecule has 2 heterocycles. The van der Waals surface area contributed by atoms with Crippen LogP contribution >= 0.6 is 15.9 Å². The number of nitrogen functional groups attached to an aromatic ring is 1. The minimum absolute atomic E-state index is 0.525. The van der Waals surface area contributed by atoms with Gasteiger partial charge in [0.25, 0.3) is 0 Å². The summed E-state index contributed by atoms with van der Waals surface area (Å²) in [5.41, 5.74) is 8.92. The van der Waals surface area contributed by atoms with Crippen LogP contribution in [-0.4, -0.2) is 11.6 Å². The number of rotatable bonds is 3. The monoisotopic (exact) mass is 319 g/mol. The maximum atomic E-state index is 5.70. The van der Waals surface area contributed by atoms with E-state index in [0.29, 0.717) is 12.4 Å². The predicted octanol–water partition coefficient (Wildman–Crippen LogP) is 2.97. The summed E-state index contributed by atoms with van der Waals surface area (Å²) in [5, 5.41) is 3.33. The molecule has 0 amide bonds. The van der Waals surface area contributed by atoms with E-state index >= 15 is 0 Å². The molecule has 0 atom stereocenters. The molecule has 0 saturated heterocycles. The van der Waals surface area contributed by atoms with Crippen LogP contribution in [0.4, 0.5) is 11.5 Å². The Kier molecular flexibility index (Phi) is 3.29. The van der Waals surface area contributed by atoms with Crippen molar-refractivity contribution in [1.82, 2.24) is 4.98 Å². The van der Waals surface area contributed by atoms with Crippen LogP contribution < -0.4 is 15.8 Å². The topological polar surface area (TPSA) is 60.2 Å². The van der Waals surface area contributed by atoms with Gasteiger partial charge in [-0.2, -0.15) is 0 Å². The van der Waals surface area contributed by atoms with Gasteiger partial charge in [0.1, 0.15) is 11.6 Å². The lowest BCUT2D eigenvalue weighted by Crippen LogP contribution is -2.02. The lowest BCUT2D eigenvalue weighted by molar-refractivity contribution is 0.354. The van der Waals surface area contributed by atoms with Crippen molar-refractivity contribution in [2.45, 2.75) is 13.0 Å². The van der Waals surface area contributed by atoms with Crippen LogP contribution in [0.5, 0.6) is 5.75 Å². The van der Waals surface area contributed by atoms with Gasteiger partial charge < -0.3 is 15.8 Å². The SMILES string of the molecule is Nc1ccc(NCc2cc(Br)cc3c2OCC3)cn1. The number of nitrogens with one attached hydrogen (secondary N) is 1. The van der Waals surface area contributed by atoms with E-state index in [2.05, 4.69) is 38.4 Å². The zero-order chi connectivity index (χ0) is 13.2. The van der Waals surface area contributed by atoms with E-state index in [4.69, 9.17) is 10.5 Å². The number of aromatic nitrogens is 1. The fraction of sp³-hybridized carbons (Fsp3) is 0.214. The summed E-state index contributed by atoms with van der Waals surface area (Å²) in [6.45, 7) is 1.47. The van der Waals surface area contributed by atoms with Crippen LogP contribution in [-0.2, 0) is 13.0 Å². The van der Waals surface area contributed by atoms with E-state index < -0.39 is 0 Å². The van der Waals surface area contributed by atoms with E-state index in [-0.39, 0.29) is 0 Å². The van der Waals surface area contributed by atoms with Crippen LogP contribution in [0.25, 0.3) is 0 Å². The highest BCUT2D eigenvalue weighted by Gasteiger charge is 2.17. The maximum absolute atomic E-state index is 5.70. The summed E-state index contributed by atoms with van der Waals surface area (Å²) < 4.78 is 6.78. The highest BCUT2D eigenvalue weighted by molar-refractivity contribution is 9.10. The van der Waals surface area contributed by atoms with Crippen LogP contribution in [0, 0.1) is 0 Å². The van der Waals surface area contributed by atoms with Crippen molar-refractivity contribution in [2.24, 2.45) is 0 Å². The van der Waals surface area contributed by atoms with E-state index in [1.165, 1.54) is 5.56 Å². The van der Waals surface area contributed by atoms with Crippen molar-refractivity contribution < 1.29 is 4.74 Å². The molecule has 1 aromatic heterocycles. The third-order valence-corrected chi connectivity index (χ3v) is 3.55. The number of ether oxygens (including phenoxy) is 1. The van der Waals surface area contributed by atoms with Gasteiger partial charge >= 0.3 is 0 Å². The highest BCUT2D eigenvalue weighted by atomic mass is 79.9. The quantitative estimate of drug-likeness (QED) is 0.913. The normalized spacial score (nSPS) is 12.9. The largest absolute Gasteiger partial charge is 0.493 e. The average Bonchev–Trinajstić information content (AvgIpc) is 2.85. The van der Waals surface area contributed by atoms with Gasteiger partial charge in [-0.15, -0.1) is 0 Å². The Balaban J connectivity index is 1.78. The lowest BCUT2D eigenvalue weighted by Gasteiger charge is -2.11. The Morgan fingerprint density at radius 1 is 1.37 bits per heavy atom. The second-order valence-corrected chi connectivity index (χ2v) is 5.39. The van der Waals surface area contributed by atoms with Crippen molar-refractivity contribution in [3.05, 3.63) is 46.1 Å². The molecule has 0 bridgehead atoms. The number of hydrogen-bond donors (Lipinski definition) is 2. The van der Waals surface area contributed by atoms with Crippen LogP contribution in [0.15, 0.2) is 34.9 Å². The Hall–Kier alpha value is -1.75. The number of halogens is 1. The molecule has 5 heteroatoms. The van der Waals surface area contributed by atoms with Gasteiger partial charge in [-0.25, -0.2) is 4.98 Å². The van der Waals surface area contributed by atoms with Gasteiger partial charge in [0, 0.05) is 23.0 Å². The van der Waals surface area contributed by atoms with Crippen molar-refractivity contribution in [3.8, 4) is 5.75 Å². The highest BCUT2D eigenvalue weighted by Crippen LogP contribution is 2.33. The summed E-state index contributed by atoms with van der Waals surface area (Å²) in [5.74, 6) is 1.54. The second-order valence-electron chi connectivity index (χ2n) is 4.48. The fourth-order valence-corrected chi connectivity index (χ4v) is 2.74. The van der Waals surface area contributed by atoms with Gasteiger partial charge in [-0.1, -0.05) is 15.9 Å². The molecule has 0 saturated carbocycles. The van der Waals surface area contributed by atoms with Gasteiger partial charge in [0.2, 0.25) is 0 Å². The number of nitrogens with zero attached hydrogens (tertiary/aromatic N) is 1. The van der Waals surface area contributed by atoms with Crippen molar-refractivity contribution in [2.75, 3.05) is 17.7 Å². The summed E-state index contributed by atoms with van der Waals surface area (Å²) in [6.07, 6.45) is 2.71. The molecule has 0 fully saturated rings.